The number of halogens is 3. The fourth-order valence-electron chi connectivity index (χ4n) is 1.91. The molecule has 1 aromatic carbocycles. The van der Waals surface area contributed by atoms with Crippen LogP contribution in [0.4, 0.5) is 8.78 Å². The van der Waals surface area contributed by atoms with Gasteiger partial charge in [0.2, 0.25) is 0 Å². The minimum Gasteiger partial charge on any atom is -0.207 e. The van der Waals surface area contributed by atoms with Gasteiger partial charge in [-0.3, -0.25) is 0 Å². The van der Waals surface area contributed by atoms with Crippen LogP contribution in [0.3, 0.4) is 0 Å². The topological polar surface area (TPSA) is 0 Å². The molecule has 76 valence electrons. The Hall–Kier alpha value is -0.440. The molecule has 1 aromatic rings. The van der Waals surface area contributed by atoms with Crippen molar-refractivity contribution in [2.75, 3.05) is 0 Å². The maximum Gasteiger partial charge on any atom is 0.252 e. The first-order chi connectivity index (χ1) is 6.57. The van der Waals surface area contributed by atoms with E-state index >= 15 is 0 Å². The molecule has 0 spiro atoms. The van der Waals surface area contributed by atoms with E-state index in [0.717, 1.165) is 22.0 Å². The fraction of sp³-hybridized carbons (Fsp3) is 0.455. The van der Waals surface area contributed by atoms with Gasteiger partial charge in [0.15, 0.2) is 0 Å². The van der Waals surface area contributed by atoms with Crippen molar-refractivity contribution in [3.63, 3.8) is 0 Å². The summed E-state index contributed by atoms with van der Waals surface area (Å²) in [5, 5.41) is 0. The maximum absolute atomic E-state index is 13.3. The molecule has 0 amide bonds. The van der Waals surface area contributed by atoms with Crippen molar-refractivity contribution in [1.29, 1.82) is 0 Å². The second-order valence-electron chi connectivity index (χ2n) is 3.80. The van der Waals surface area contributed by atoms with Gasteiger partial charge in [0.05, 0.1) is 0 Å². The Labute approximate surface area is 90.4 Å². The second-order valence-corrected chi connectivity index (χ2v) is 4.71. The number of benzene rings is 1. The first-order valence-corrected chi connectivity index (χ1v) is 5.51. The van der Waals surface area contributed by atoms with E-state index in [4.69, 9.17) is 0 Å². The molecule has 0 nitrogen and oxygen atoms in total. The molecular weight excluding hydrogens is 250 g/mol. The number of hydrogen-bond acceptors (Lipinski definition) is 0. The van der Waals surface area contributed by atoms with Crippen molar-refractivity contribution in [2.24, 2.45) is 0 Å². The average molecular weight is 261 g/mol. The van der Waals surface area contributed by atoms with E-state index in [9.17, 15) is 8.78 Å². The minimum absolute atomic E-state index is 0.0132. The summed E-state index contributed by atoms with van der Waals surface area (Å²) in [6.45, 7) is 0. The molecule has 0 bridgehead atoms. The minimum atomic E-state index is -2.52. The standard InChI is InChI=1S/C11H11BrF2/c12-10-4-3-8-2-1-5-11(13,14)7-9(8)6-10/h3-4,6H,1-2,5,7H2. The number of fused-ring (bicyclic) bond motifs is 1. The van der Waals surface area contributed by atoms with Gasteiger partial charge in [-0.1, -0.05) is 22.0 Å². The van der Waals surface area contributed by atoms with Crippen LogP contribution in [0.25, 0.3) is 0 Å². The van der Waals surface area contributed by atoms with E-state index in [-0.39, 0.29) is 12.8 Å². The predicted octanol–water partition coefficient (Wildman–Crippen LogP) is 3.96. The van der Waals surface area contributed by atoms with Crippen LogP contribution in [0, 0.1) is 0 Å². The molecular formula is C11H11BrF2. The third-order valence-corrected chi connectivity index (χ3v) is 3.10. The summed E-state index contributed by atoms with van der Waals surface area (Å²) in [4.78, 5) is 0. The molecule has 2 rings (SSSR count). The zero-order valence-corrected chi connectivity index (χ0v) is 9.28. The molecule has 0 aromatic heterocycles. The summed E-state index contributed by atoms with van der Waals surface area (Å²) in [7, 11) is 0. The number of alkyl halides is 2. The molecule has 3 heteroatoms. The van der Waals surface area contributed by atoms with Crippen LogP contribution in [0.2, 0.25) is 0 Å². The van der Waals surface area contributed by atoms with Gasteiger partial charge >= 0.3 is 0 Å². The van der Waals surface area contributed by atoms with Crippen LogP contribution < -0.4 is 0 Å². The van der Waals surface area contributed by atoms with Crippen molar-refractivity contribution in [3.05, 3.63) is 33.8 Å². The van der Waals surface area contributed by atoms with Crippen molar-refractivity contribution in [1.82, 2.24) is 0 Å². The van der Waals surface area contributed by atoms with Crippen LogP contribution in [-0.4, -0.2) is 5.92 Å². The molecule has 1 aliphatic carbocycles. The molecule has 0 aliphatic heterocycles. The van der Waals surface area contributed by atoms with Crippen molar-refractivity contribution < 1.29 is 8.78 Å². The quantitative estimate of drug-likeness (QED) is 0.620. The van der Waals surface area contributed by atoms with Crippen LogP contribution in [0.1, 0.15) is 24.0 Å². The summed E-state index contributed by atoms with van der Waals surface area (Å²) < 4.78 is 27.4. The average Bonchev–Trinajstić information content (AvgIpc) is 2.21. The highest BCUT2D eigenvalue weighted by atomic mass is 79.9. The van der Waals surface area contributed by atoms with Gasteiger partial charge in [-0.25, -0.2) is 8.78 Å². The van der Waals surface area contributed by atoms with Crippen LogP contribution in [0.15, 0.2) is 22.7 Å². The summed E-state index contributed by atoms with van der Waals surface area (Å²) in [6.07, 6.45) is 1.26. The maximum atomic E-state index is 13.3. The Morgan fingerprint density at radius 3 is 2.79 bits per heavy atom. The lowest BCUT2D eigenvalue weighted by atomic mass is 10.0. The van der Waals surface area contributed by atoms with E-state index in [1.807, 2.05) is 18.2 Å². The van der Waals surface area contributed by atoms with Crippen LogP contribution in [0.5, 0.6) is 0 Å². The third-order valence-electron chi connectivity index (χ3n) is 2.61. The van der Waals surface area contributed by atoms with Gasteiger partial charge in [0.1, 0.15) is 0 Å². The van der Waals surface area contributed by atoms with Gasteiger partial charge in [-0.15, -0.1) is 0 Å². The summed E-state index contributed by atoms with van der Waals surface area (Å²) >= 11 is 3.31. The van der Waals surface area contributed by atoms with Gasteiger partial charge in [0, 0.05) is 17.3 Å². The van der Waals surface area contributed by atoms with Crippen LogP contribution in [-0.2, 0) is 12.8 Å². The SMILES string of the molecule is FC1(F)CCCc2ccc(Br)cc2C1. The lowest BCUT2D eigenvalue weighted by molar-refractivity contribution is -0.00644. The fourth-order valence-corrected chi connectivity index (χ4v) is 2.32. The number of hydrogen-bond donors (Lipinski definition) is 0. The van der Waals surface area contributed by atoms with Gasteiger partial charge in [0.25, 0.3) is 5.92 Å². The molecule has 14 heavy (non-hydrogen) atoms. The molecule has 0 radical (unpaired) electrons. The highest BCUT2D eigenvalue weighted by Crippen LogP contribution is 2.32. The molecule has 0 N–H and O–H groups in total. The van der Waals surface area contributed by atoms with Crippen LogP contribution >= 0.6 is 15.9 Å². The number of aryl methyl sites for hydroxylation is 1. The largest absolute Gasteiger partial charge is 0.252 e. The lowest BCUT2D eigenvalue weighted by Crippen LogP contribution is -2.17. The first kappa shape index (κ1) is 10.1. The zero-order chi connectivity index (χ0) is 10.2. The molecule has 0 unspecified atom stereocenters. The van der Waals surface area contributed by atoms with E-state index in [1.165, 1.54) is 0 Å². The normalized spacial score (nSPS) is 19.9. The molecule has 0 saturated heterocycles. The highest BCUT2D eigenvalue weighted by Gasteiger charge is 2.31. The van der Waals surface area contributed by atoms with Crippen molar-refractivity contribution in [2.45, 2.75) is 31.6 Å². The summed E-state index contributed by atoms with van der Waals surface area (Å²) in [6, 6.07) is 5.68. The second kappa shape index (κ2) is 3.61. The zero-order valence-electron chi connectivity index (χ0n) is 7.69. The predicted molar refractivity (Wildman–Crippen MR) is 55.7 cm³/mol. The van der Waals surface area contributed by atoms with E-state index < -0.39 is 5.92 Å². The smallest absolute Gasteiger partial charge is 0.207 e. The molecule has 1 aliphatic rings. The van der Waals surface area contributed by atoms with E-state index in [2.05, 4.69) is 15.9 Å². The number of rotatable bonds is 0. The summed E-state index contributed by atoms with van der Waals surface area (Å²) in [5.74, 6) is -2.52. The molecule has 0 atom stereocenters. The van der Waals surface area contributed by atoms with Gasteiger partial charge in [-0.05, 0) is 36.1 Å². The van der Waals surface area contributed by atoms with Crippen molar-refractivity contribution >= 4 is 15.9 Å². The Kier molecular flexibility index (Phi) is 2.60. The van der Waals surface area contributed by atoms with Gasteiger partial charge in [-0.2, -0.15) is 0 Å². The van der Waals surface area contributed by atoms with E-state index in [1.54, 1.807) is 0 Å². The third kappa shape index (κ3) is 2.14. The Morgan fingerprint density at radius 1 is 1.21 bits per heavy atom. The van der Waals surface area contributed by atoms with Gasteiger partial charge < -0.3 is 0 Å². The molecule has 0 fully saturated rings. The Bertz CT molecular complexity index is 347. The first-order valence-electron chi connectivity index (χ1n) is 4.72. The molecule has 0 heterocycles. The highest BCUT2D eigenvalue weighted by molar-refractivity contribution is 9.10. The van der Waals surface area contributed by atoms with E-state index in [0.29, 0.717) is 6.42 Å². The molecule has 0 saturated carbocycles. The van der Waals surface area contributed by atoms with Crippen molar-refractivity contribution in [3.8, 4) is 0 Å². The Morgan fingerprint density at radius 2 is 2.00 bits per heavy atom. The Balaban J connectivity index is 2.38. The summed E-state index contributed by atoms with van der Waals surface area (Å²) in [5.41, 5.74) is 1.87. The monoisotopic (exact) mass is 260 g/mol. The lowest BCUT2D eigenvalue weighted by Gasteiger charge is -2.13.